The Bertz CT molecular complexity index is 318. The van der Waals surface area contributed by atoms with E-state index in [0.29, 0.717) is 0 Å². The van der Waals surface area contributed by atoms with Gasteiger partial charge in [0.1, 0.15) is 24.4 Å². The molecule has 4 N–H and O–H groups in total. The maximum absolute atomic E-state index is 10.4. The van der Waals surface area contributed by atoms with Gasteiger partial charge >= 0.3 is 51.4 Å². The molecule has 1 fully saturated rings. The van der Waals surface area contributed by atoms with E-state index in [-0.39, 0.29) is 51.4 Å². The first kappa shape index (κ1) is 17.3. The van der Waals surface area contributed by atoms with Gasteiger partial charge in [0, 0.05) is 0 Å². The van der Waals surface area contributed by atoms with Crippen LogP contribution in [0.15, 0.2) is 0 Å². The van der Waals surface area contributed by atoms with E-state index >= 15 is 0 Å². The predicted octanol–water partition coefficient (Wildman–Crippen LogP) is -6.66. The molecule has 16 heavy (non-hydrogen) atoms. The van der Waals surface area contributed by atoms with Crippen molar-refractivity contribution in [3.05, 3.63) is 0 Å². The third kappa shape index (κ3) is 4.55. The normalized spacial score (nSPS) is 40.2. The molecule has 1 aliphatic heterocycles. The number of ether oxygens (including phenoxy) is 1. The fourth-order valence-corrected chi connectivity index (χ4v) is 1.95. The molecule has 1 heterocycles. The van der Waals surface area contributed by atoms with Gasteiger partial charge in [-0.3, -0.25) is 0 Å². The van der Waals surface area contributed by atoms with Gasteiger partial charge in [-0.1, -0.05) is 0 Å². The summed E-state index contributed by atoms with van der Waals surface area (Å²) in [6.45, 7) is 0. The summed E-state index contributed by atoms with van der Waals surface area (Å²) in [5.41, 5.74) is 0. The minimum absolute atomic E-state index is 0. The van der Waals surface area contributed by atoms with Crippen LogP contribution in [-0.2, 0) is 14.9 Å². The molecule has 5 atom stereocenters. The first-order valence-electron chi connectivity index (χ1n) is 4.03. The second kappa shape index (κ2) is 6.49. The summed E-state index contributed by atoms with van der Waals surface area (Å²) in [6, 6.07) is 0. The number of hydrogen-bond donors (Lipinski definition) is 4. The fraction of sp³-hybridized carbons (Fsp3) is 1.00. The zero-order chi connectivity index (χ0) is 11.8. The van der Waals surface area contributed by atoms with Crippen LogP contribution in [0.25, 0.3) is 0 Å². The Kier molecular flexibility index (Phi) is 7.04. The van der Waals surface area contributed by atoms with Crippen molar-refractivity contribution in [2.75, 3.05) is 5.75 Å². The first-order chi connectivity index (χ1) is 6.72. The quantitative estimate of drug-likeness (QED) is 0.288. The van der Waals surface area contributed by atoms with Gasteiger partial charge in [-0.2, -0.15) is 0 Å². The van der Waals surface area contributed by atoms with Gasteiger partial charge in [0.05, 0.1) is 15.9 Å². The molecule has 0 spiro atoms. The summed E-state index contributed by atoms with van der Waals surface area (Å²) in [4.78, 5) is 0. The van der Waals surface area contributed by atoms with Crippen molar-refractivity contribution in [1.29, 1.82) is 0 Å². The molecule has 0 bridgehead atoms. The van der Waals surface area contributed by atoms with E-state index in [1.54, 1.807) is 0 Å². The molecule has 10 heteroatoms. The number of aliphatic hydroxyl groups is 4. The third-order valence-electron chi connectivity index (χ3n) is 2.06. The van der Waals surface area contributed by atoms with Crippen LogP contribution >= 0.6 is 0 Å². The summed E-state index contributed by atoms with van der Waals surface area (Å²) >= 11 is 0. The Morgan fingerprint density at radius 1 is 1.06 bits per heavy atom. The Labute approximate surface area is 134 Å². The van der Waals surface area contributed by atoms with E-state index in [2.05, 4.69) is 4.74 Å². The average molecular weight is 282 g/mol. The largest absolute Gasteiger partial charge is 1.00 e. The molecule has 0 amide bonds. The van der Waals surface area contributed by atoms with Crippen LogP contribution in [0.2, 0.25) is 0 Å². The van der Waals surface area contributed by atoms with Gasteiger partial charge in [-0.05, 0) is 0 Å². The zero-order valence-electron chi connectivity index (χ0n) is 8.42. The van der Waals surface area contributed by atoms with Crippen LogP contribution in [0.3, 0.4) is 0 Å². The molecule has 8 nitrogen and oxygen atoms in total. The molecule has 0 aromatic rings. The standard InChI is InChI=1S/C6H12O8S.K/c7-3-2(1-15(11,12)13)14-6(10)5(9)4(3)8;/h2-10H,1H2,(H,11,12,13);/q;+1/p-1/t2-,3-,4+,5-,6?;/m1./s1. The fourth-order valence-electron chi connectivity index (χ4n) is 1.27. The molecule has 0 aliphatic carbocycles. The smallest absolute Gasteiger partial charge is 0.748 e. The van der Waals surface area contributed by atoms with Gasteiger partial charge in [0.25, 0.3) is 0 Å². The van der Waals surface area contributed by atoms with Gasteiger partial charge in [0.15, 0.2) is 6.29 Å². The molecule has 0 radical (unpaired) electrons. The molecule has 1 saturated heterocycles. The van der Waals surface area contributed by atoms with Gasteiger partial charge < -0.3 is 29.7 Å². The van der Waals surface area contributed by atoms with E-state index in [9.17, 15) is 18.1 Å². The van der Waals surface area contributed by atoms with Gasteiger partial charge in [-0.25, -0.2) is 8.42 Å². The average Bonchev–Trinajstić information content (AvgIpc) is 2.08. The molecule has 1 aliphatic rings. The summed E-state index contributed by atoms with van der Waals surface area (Å²) in [5, 5.41) is 36.4. The first-order valence-corrected chi connectivity index (χ1v) is 5.61. The van der Waals surface area contributed by atoms with Gasteiger partial charge in [0.2, 0.25) is 0 Å². The molecule has 1 unspecified atom stereocenters. The van der Waals surface area contributed by atoms with Crippen molar-refractivity contribution < 1.29 is 89.5 Å². The Hall–Kier alpha value is 1.35. The number of rotatable bonds is 2. The predicted molar refractivity (Wildman–Crippen MR) is 43.5 cm³/mol. The van der Waals surface area contributed by atoms with Crippen LogP contribution < -0.4 is 51.4 Å². The molecule has 0 aromatic heterocycles. The summed E-state index contributed by atoms with van der Waals surface area (Å²) < 4.78 is 35.6. The Morgan fingerprint density at radius 3 is 2.00 bits per heavy atom. The van der Waals surface area contributed by atoms with Crippen LogP contribution in [0.5, 0.6) is 0 Å². The number of aliphatic hydroxyl groups excluding tert-OH is 4. The second-order valence-corrected chi connectivity index (χ2v) is 4.71. The Morgan fingerprint density at radius 2 is 1.56 bits per heavy atom. The molecule has 90 valence electrons. The van der Waals surface area contributed by atoms with E-state index in [1.807, 2.05) is 0 Å². The van der Waals surface area contributed by atoms with Crippen molar-refractivity contribution in [3.63, 3.8) is 0 Å². The Balaban J connectivity index is 0.00000225. The van der Waals surface area contributed by atoms with Crippen LogP contribution in [-0.4, -0.2) is 69.9 Å². The van der Waals surface area contributed by atoms with Crippen LogP contribution in [0.1, 0.15) is 0 Å². The van der Waals surface area contributed by atoms with E-state index < -0.39 is 46.6 Å². The topological polar surface area (TPSA) is 147 Å². The van der Waals surface area contributed by atoms with E-state index in [4.69, 9.17) is 15.3 Å². The SMILES string of the molecule is O=S(=O)([O-])C[C@H]1OC(O)[C@H](O)[C@@H](O)[C@@H]1O.[K+]. The summed E-state index contributed by atoms with van der Waals surface area (Å²) in [6.07, 6.45) is -8.64. The summed E-state index contributed by atoms with van der Waals surface area (Å²) in [7, 11) is -4.66. The third-order valence-corrected chi connectivity index (χ3v) is 2.79. The van der Waals surface area contributed by atoms with Crippen molar-refractivity contribution in [3.8, 4) is 0 Å². The van der Waals surface area contributed by atoms with Crippen LogP contribution in [0, 0.1) is 0 Å². The molecular formula is C6H11KO8S. The van der Waals surface area contributed by atoms with E-state index in [0.717, 1.165) is 0 Å². The molecule has 0 saturated carbocycles. The molecule has 1 rings (SSSR count). The number of hydrogen-bond acceptors (Lipinski definition) is 8. The van der Waals surface area contributed by atoms with Crippen molar-refractivity contribution >= 4 is 10.1 Å². The maximum Gasteiger partial charge on any atom is 1.00 e. The van der Waals surface area contributed by atoms with Gasteiger partial charge in [-0.15, -0.1) is 0 Å². The monoisotopic (exact) mass is 282 g/mol. The van der Waals surface area contributed by atoms with E-state index in [1.165, 1.54) is 0 Å². The minimum Gasteiger partial charge on any atom is -0.748 e. The summed E-state index contributed by atoms with van der Waals surface area (Å²) in [5.74, 6) is -1.09. The van der Waals surface area contributed by atoms with Crippen molar-refractivity contribution in [2.45, 2.75) is 30.7 Å². The molecular weight excluding hydrogens is 271 g/mol. The minimum atomic E-state index is -4.66. The van der Waals surface area contributed by atoms with Crippen molar-refractivity contribution in [1.82, 2.24) is 0 Å². The van der Waals surface area contributed by atoms with Crippen LogP contribution in [0.4, 0.5) is 0 Å². The van der Waals surface area contributed by atoms with Crippen molar-refractivity contribution in [2.24, 2.45) is 0 Å². The zero-order valence-corrected chi connectivity index (χ0v) is 12.4. The maximum atomic E-state index is 10.4. The molecule has 0 aromatic carbocycles. The second-order valence-electron chi connectivity index (χ2n) is 3.26.